The lowest BCUT2D eigenvalue weighted by Gasteiger charge is -2.20. The minimum absolute atomic E-state index is 0.0317. The molecule has 164 valence electrons. The highest BCUT2D eigenvalue weighted by Crippen LogP contribution is 2.37. The molecule has 0 N–H and O–H groups in total. The van der Waals surface area contributed by atoms with Crippen LogP contribution in [-0.2, 0) is 6.11 Å². The minimum atomic E-state index is -4.41. The maximum Gasteiger partial charge on any atom is 0.429 e. The van der Waals surface area contributed by atoms with E-state index in [9.17, 15) is 35.1 Å². The second-order valence-corrected chi connectivity index (χ2v) is 6.19. The molecule has 0 spiro atoms. The Bertz CT molecular complexity index is 1110. The van der Waals surface area contributed by atoms with E-state index >= 15 is 0 Å². The third kappa shape index (κ3) is 4.42. The molecule has 31 heavy (non-hydrogen) atoms. The summed E-state index contributed by atoms with van der Waals surface area (Å²) in [4.78, 5) is 0. The Hall–Kier alpha value is -3.30. The fourth-order valence-corrected chi connectivity index (χ4v) is 2.73. The van der Waals surface area contributed by atoms with Crippen LogP contribution in [0.3, 0.4) is 0 Å². The van der Waals surface area contributed by atoms with Crippen molar-refractivity contribution >= 4 is 0 Å². The van der Waals surface area contributed by atoms with E-state index in [0.29, 0.717) is 24.3 Å². The van der Waals surface area contributed by atoms with Gasteiger partial charge in [0.25, 0.3) is 0 Å². The molecule has 0 bridgehead atoms. The lowest BCUT2D eigenvalue weighted by Crippen LogP contribution is -2.24. The summed E-state index contributed by atoms with van der Waals surface area (Å²) in [6.07, 6.45) is -4.41. The van der Waals surface area contributed by atoms with Gasteiger partial charge in [0, 0.05) is 11.6 Å². The van der Waals surface area contributed by atoms with Gasteiger partial charge in [-0.25, -0.2) is 22.0 Å². The normalized spacial score (nSPS) is 11.5. The lowest BCUT2D eigenvalue weighted by molar-refractivity contribution is -0.187. The molecular weight excluding hydrogens is 436 g/mol. The number of rotatable bonds is 6. The van der Waals surface area contributed by atoms with Gasteiger partial charge in [-0.1, -0.05) is 0 Å². The van der Waals surface area contributed by atoms with Crippen molar-refractivity contribution in [1.82, 2.24) is 0 Å². The molecule has 0 atom stereocenters. The topological polar surface area (TPSA) is 18.5 Å². The Morgan fingerprint density at radius 3 is 1.97 bits per heavy atom. The Kier molecular flexibility index (Phi) is 6.10. The van der Waals surface area contributed by atoms with Crippen LogP contribution >= 0.6 is 0 Å². The van der Waals surface area contributed by atoms with E-state index in [1.807, 2.05) is 0 Å². The zero-order valence-corrected chi connectivity index (χ0v) is 15.6. The zero-order valence-electron chi connectivity index (χ0n) is 15.6. The molecule has 0 aromatic heterocycles. The van der Waals surface area contributed by atoms with Gasteiger partial charge in [-0.3, -0.25) is 0 Å². The summed E-state index contributed by atoms with van der Waals surface area (Å²) in [6.45, 7) is 1.45. The predicted octanol–water partition coefficient (Wildman–Crippen LogP) is 6.72. The molecule has 3 aromatic rings. The molecule has 0 unspecified atom stereocenters. The van der Waals surface area contributed by atoms with Crippen LogP contribution < -0.4 is 9.47 Å². The van der Waals surface area contributed by atoms with Crippen molar-refractivity contribution in [3.63, 3.8) is 0 Å². The lowest BCUT2D eigenvalue weighted by atomic mass is 10.0. The Labute approximate surface area is 170 Å². The maximum atomic E-state index is 14.4. The maximum absolute atomic E-state index is 14.4. The first-order valence-corrected chi connectivity index (χ1v) is 8.67. The number of alkyl halides is 2. The summed E-state index contributed by atoms with van der Waals surface area (Å²) in [5, 5.41) is 0. The summed E-state index contributed by atoms with van der Waals surface area (Å²) in [7, 11) is 0. The average Bonchev–Trinajstić information content (AvgIpc) is 2.69. The molecule has 3 aromatic carbocycles. The summed E-state index contributed by atoms with van der Waals surface area (Å²) in [5.74, 6) is -11.1. The van der Waals surface area contributed by atoms with Crippen molar-refractivity contribution < 1.29 is 44.6 Å². The molecule has 3 rings (SSSR count). The number of hydrogen-bond acceptors (Lipinski definition) is 2. The van der Waals surface area contributed by atoms with Gasteiger partial charge >= 0.3 is 6.11 Å². The number of benzene rings is 3. The van der Waals surface area contributed by atoms with E-state index in [1.165, 1.54) is 6.92 Å². The van der Waals surface area contributed by atoms with E-state index in [4.69, 9.17) is 4.74 Å². The van der Waals surface area contributed by atoms with Crippen molar-refractivity contribution in [2.75, 3.05) is 6.61 Å². The van der Waals surface area contributed by atoms with Crippen LogP contribution in [0.4, 0.5) is 35.1 Å². The quantitative estimate of drug-likeness (QED) is 0.308. The number of ether oxygens (including phenoxy) is 2. The summed E-state index contributed by atoms with van der Waals surface area (Å²) in [6, 6.07) is 4.49. The van der Waals surface area contributed by atoms with E-state index < -0.39 is 69.2 Å². The molecule has 0 aliphatic heterocycles. The van der Waals surface area contributed by atoms with Gasteiger partial charge in [0.05, 0.1) is 6.61 Å². The summed E-state index contributed by atoms with van der Waals surface area (Å²) >= 11 is 0. The van der Waals surface area contributed by atoms with Crippen molar-refractivity contribution in [1.29, 1.82) is 0 Å². The van der Waals surface area contributed by atoms with Gasteiger partial charge in [0.2, 0.25) is 5.82 Å². The van der Waals surface area contributed by atoms with Crippen molar-refractivity contribution in [3.8, 4) is 22.6 Å². The van der Waals surface area contributed by atoms with E-state index in [2.05, 4.69) is 4.74 Å². The highest BCUT2D eigenvalue weighted by molar-refractivity contribution is 5.65. The molecular formula is C21H12F8O2. The second kappa shape index (κ2) is 8.44. The largest absolute Gasteiger partial charge is 0.491 e. The molecule has 0 aliphatic rings. The third-order valence-electron chi connectivity index (χ3n) is 4.14. The molecule has 0 aliphatic carbocycles. The standard InChI is InChI=1S/C21H12F8O2/c1-2-30-17-6-5-13(18(25)20(17)27)21(28,29)31-11-3-4-12(14(22)9-11)10-7-15(23)19(26)16(24)8-10/h3-9H,2H2,1H3. The molecule has 0 radical (unpaired) electrons. The van der Waals surface area contributed by atoms with Crippen molar-refractivity contribution in [2.45, 2.75) is 13.0 Å². The second-order valence-electron chi connectivity index (χ2n) is 6.19. The van der Waals surface area contributed by atoms with Gasteiger partial charge in [-0.15, -0.1) is 0 Å². The van der Waals surface area contributed by atoms with Crippen molar-refractivity contribution in [2.24, 2.45) is 0 Å². The first-order valence-electron chi connectivity index (χ1n) is 8.67. The molecule has 0 saturated carbocycles. The highest BCUT2D eigenvalue weighted by Gasteiger charge is 2.39. The van der Waals surface area contributed by atoms with E-state index in [0.717, 1.165) is 18.2 Å². The van der Waals surface area contributed by atoms with Gasteiger partial charge in [0.15, 0.2) is 29.0 Å². The van der Waals surface area contributed by atoms with Crippen molar-refractivity contribution in [3.05, 3.63) is 82.9 Å². The van der Waals surface area contributed by atoms with Crippen LogP contribution in [0.25, 0.3) is 11.1 Å². The smallest absolute Gasteiger partial charge is 0.429 e. The third-order valence-corrected chi connectivity index (χ3v) is 4.14. The van der Waals surface area contributed by atoms with Crippen LogP contribution in [0.15, 0.2) is 42.5 Å². The summed E-state index contributed by atoms with van der Waals surface area (Å²) < 4.78 is 120. The first-order chi connectivity index (χ1) is 14.5. The SMILES string of the molecule is CCOc1ccc(C(F)(F)Oc2ccc(-c3cc(F)c(F)c(F)c3)c(F)c2)c(F)c1F. The monoisotopic (exact) mass is 448 g/mol. The van der Waals surface area contributed by atoms with Crippen LogP contribution in [0.2, 0.25) is 0 Å². The highest BCUT2D eigenvalue weighted by atomic mass is 19.3. The number of halogens is 8. The van der Waals surface area contributed by atoms with Crippen LogP contribution in [-0.4, -0.2) is 6.61 Å². The Morgan fingerprint density at radius 2 is 1.39 bits per heavy atom. The molecule has 10 heteroatoms. The molecule has 0 fully saturated rings. The molecule has 0 heterocycles. The molecule has 2 nitrogen and oxygen atoms in total. The fraction of sp³-hybridized carbons (Fsp3) is 0.143. The van der Waals surface area contributed by atoms with E-state index in [-0.39, 0.29) is 6.61 Å². The van der Waals surface area contributed by atoms with Crippen LogP contribution in [0.5, 0.6) is 11.5 Å². The zero-order chi connectivity index (χ0) is 22.9. The van der Waals surface area contributed by atoms with Gasteiger partial charge in [-0.05, 0) is 48.9 Å². The Balaban J connectivity index is 1.91. The van der Waals surface area contributed by atoms with Gasteiger partial charge in [-0.2, -0.15) is 13.2 Å². The summed E-state index contributed by atoms with van der Waals surface area (Å²) in [5.41, 5.74) is -2.29. The number of hydrogen-bond donors (Lipinski definition) is 0. The Morgan fingerprint density at radius 1 is 0.742 bits per heavy atom. The van der Waals surface area contributed by atoms with Gasteiger partial charge < -0.3 is 9.47 Å². The minimum Gasteiger partial charge on any atom is -0.491 e. The van der Waals surface area contributed by atoms with E-state index in [1.54, 1.807) is 0 Å². The fourth-order valence-electron chi connectivity index (χ4n) is 2.73. The van der Waals surface area contributed by atoms with Crippen LogP contribution in [0.1, 0.15) is 12.5 Å². The predicted molar refractivity (Wildman–Crippen MR) is 93.8 cm³/mol. The average molecular weight is 448 g/mol. The molecule has 0 saturated heterocycles. The first kappa shape index (κ1) is 22.4. The van der Waals surface area contributed by atoms with Gasteiger partial charge in [0.1, 0.15) is 17.1 Å². The molecule has 0 amide bonds. The van der Waals surface area contributed by atoms with Crippen LogP contribution in [0, 0.1) is 34.9 Å².